The van der Waals surface area contributed by atoms with Crippen LogP contribution in [0.25, 0.3) is 10.2 Å². The van der Waals surface area contributed by atoms with E-state index in [1.54, 1.807) is 33.8 Å². The molecule has 7 heteroatoms. The Kier molecular flexibility index (Phi) is 4.91. The van der Waals surface area contributed by atoms with Crippen LogP contribution in [-0.4, -0.2) is 26.5 Å². The van der Waals surface area contributed by atoms with Crippen molar-refractivity contribution in [1.82, 2.24) is 14.3 Å². The maximum Gasteiger partial charge on any atom is 0.297 e. The monoisotopic (exact) mass is 360 g/mol. The quantitative estimate of drug-likeness (QED) is 0.667. The van der Waals surface area contributed by atoms with Gasteiger partial charge in [-0.3, -0.25) is 9.48 Å². The minimum absolute atomic E-state index is 0.240. The van der Waals surface area contributed by atoms with Crippen LogP contribution in [0.15, 0.2) is 34.2 Å². The van der Waals surface area contributed by atoms with Gasteiger partial charge in [-0.1, -0.05) is 11.3 Å². The number of carbonyl (C=O) groups excluding carboxylic acids is 1. The number of thiazole rings is 1. The number of amides is 1. The summed E-state index contributed by atoms with van der Waals surface area (Å²) in [5.41, 5.74) is 2.49. The summed E-state index contributed by atoms with van der Waals surface area (Å²) in [5.74, 6) is -0.240. The molecular weight excluding hydrogens is 340 g/mol. The highest BCUT2D eigenvalue weighted by Crippen LogP contribution is 2.24. The maximum atomic E-state index is 12.6. The second-order valence-corrected chi connectivity index (χ2v) is 7.25. The minimum Gasteiger partial charge on any atom is -0.317 e. The fourth-order valence-corrected chi connectivity index (χ4v) is 4.32. The van der Waals surface area contributed by atoms with Gasteiger partial charge in [-0.15, -0.1) is 11.8 Å². The van der Waals surface area contributed by atoms with Gasteiger partial charge in [0.25, 0.3) is 5.91 Å². The number of hydrogen-bond acceptors (Lipinski definition) is 4. The molecule has 0 fully saturated rings. The highest BCUT2D eigenvalue weighted by Gasteiger charge is 2.14. The molecule has 0 aliphatic heterocycles. The molecule has 0 saturated heterocycles. The zero-order valence-corrected chi connectivity index (χ0v) is 15.9. The summed E-state index contributed by atoms with van der Waals surface area (Å²) >= 11 is 3.27. The minimum atomic E-state index is -0.240. The van der Waals surface area contributed by atoms with Crippen molar-refractivity contribution < 1.29 is 4.79 Å². The summed E-state index contributed by atoms with van der Waals surface area (Å²) in [7, 11) is 0. The molecule has 0 aliphatic carbocycles. The van der Waals surface area contributed by atoms with E-state index < -0.39 is 0 Å². The van der Waals surface area contributed by atoms with E-state index in [0.29, 0.717) is 12.2 Å². The zero-order chi connectivity index (χ0) is 17.3. The third-order valence-corrected chi connectivity index (χ3v) is 5.59. The molecule has 0 unspecified atom stereocenters. The van der Waals surface area contributed by atoms with E-state index in [1.807, 2.05) is 13.8 Å². The topological polar surface area (TPSA) is 52.2 Å². The van der Waals surface area contributed by atoms with Crippen molar-refractivity contribution in [2.24, 2.45) is 4.99 Å². The second-order valence-electron chi connectivity index (χ2n) is 5.37. The Morgan fingerprint density at radius 1 is 1.29 bits per heavy atom. The molecule has 0 saturated carbocycles. The molecule has 1 aromatic carbocycles. The van der Waals surface area contributed by atoms with E-state index in [9.17, 15) is 4.79 Å². The Morgan fingerprint density at radius 3 is 2.75 bits per heavy atom. The first-order valence-electron chi connectivity index (χ1n) is 7.88. The van der Waals surface area contributed by atoms with E-state index in [4.69, 9.17) is 0 Å². The molecule has 24 heavy (non-hydrogen) atoms. The Bertz CT molecular complexity index is 965. The van der Waals surface area contributed by atoms with E-state index in [2.05, 4.69) is 46.0 Å². The van der Waals surface area contributed by atoms with Gasteiger partial charge >= 0.3 is 0 Å². The van der Waals surface area contributed by atoms with Crippen LogP contribution in [0, 0.1) is 6.92 Å². The summed E-state index contributed by atoms with van der Waals surface area (Å²) < 4.78 is 4.94. The number of hydrogen-bond donors (Lipinski definition) is 0. The Balaban J connectivity index is 2.13. The molecular formula is C17H20N4OS2. The van der Waals surface area contributed by atoms with Gasteiger partial charge in [0.2, 0.25) is 0 Å². The maximum absolute atomic E-state index is 12.6. The molecule has 126 valence electrons. The molecule has 5 nitrogen and oxygen atoms in total. The predicted octanol–water partition coefficient (Wildman–Crippen LogP) is 3.71. The van der Waals surface area contributed by atoms with Gasteiger partial charge in [-0.25, -0.2) is 0 Å². The van der Waals surface area contributed by atoms with E-state index in [-0.39, 0.29) is 5.91 Å². The Labute approximate surface area is 149 Å². The third-order valence-electron chi connectivity index (χ3n) is 3.82. The van der Waals surface area contributed by atoms with Gasteiger partial charge in [0.05, 0.1) is 15.9 Å². The summed E-state index contributed by atoms with van der Waals surface area (Å²) in [6.45, 7) is 7.36. The summed E-state index contributed by atoms with van der Waals surface area (Å²) in [6.07, 6.45) is 2.06. The largest absolute Gasteiger partial charge is 0.317 e. The van der Waals surface area contributed by atoms with Crippen molar-refractivity contribution in [3.63, 3.8) is 0 Å². The lowest BCUT2D eigenvalue weighted by Crippen LogP contribution is -2.17. The normalized spacial score (nSPS) is 12.2. The first-order chi connectivity index (χ1) is 11.6. The standard InChI is InChI=1S/C17H20N4OS2/c1-5-20-13-8-7-12(23-4)10-15(13)24-17(20)18-16(22)14-9-11(3)19-21(14)6-2/h7-10H,5-6H2,1-4H3. The average molecular weight is 361 g/mol. The first-order valence-corrected chi connectivity index (χ1v) is 9.92. The molecule has 2 aromatic heterocycles. The number of rotatable bonds is 4. The van der Waals surface area contributed by atoms with E-state index in [0.717, 1.165) is 27.3 Å². The molecule has 0 spiro atoms. The lowest BCUT2D eigenvalue weighted by atomic mass is 10.3. The van der Waals surface area contributed by atoms with Crippen LogP contribution in [0.3, 0.4) is 0 Å². The highest BCUT2D eigenvalue weighted by molar-refractivity contribution is 7.98. The van der Waals surface area contributed by atoms with Crippen LogP contribution in [-0.2, 0) is 13.1 Å². The van der Waals surface area contributed by atoms with Crippen molar-refractivity contribution in [2.75, 3.05) is 6.26 Å². The first kappa shape index (κ1) is 17.0. The summed E-state index contributed by atoms with van der Waals surface area (Å²) in [5, 5.41) is 4.33. The number of aryl methyl sites for hydroxylation is 3. The molecule has 3 rings (SSSR count). The number of nitrogens with zero attached hydrogens (tertiary/aromatic N) is 4. The van der Waals surface area contributed by atoms with Crippen molar-refractivity contribution in [2.45, 2.75) is 38.8 Å². The van der Waals surface area contributed by atoms with Gasteiger partial charge in [-0.2, -0.15) is 10.1 Å². The number of thioether (sulfide) groups is 1. The highest BCUT2D eigenvalue weighted by atomic mass is 32.2. The second kappa shape index (κ2) is 6.94. The van der Waals surface area contributed by atoms with Crippen molar-refractivity contribution in [3.05, 3.63) is 40.5 Å². The van der Waals surface area contributed by atoms with Crippen molar-refractivity contribution >= 4 is 39.2 Å². The fourth-order valence-electron chi connectivity index (χ4n) is 2.67. The van der Waals surface area contributed by atoms with E-state index in [1.165, 1.54) is 4.90 Å². The smallest absolute Gasteiger partial charge is 0.297 e. The SMILES string of the molecule is CCn1nc(C)cc1C(=O)N=c1sc2cc(SC)ccc2n1CC. The molecule has 1 amide bonds. The molecule has 0 radical (unpaired) electrons. The average Bonchev–Trinajstić information content (AvgIpc) is 3.13. The van der Waals surface area contributed by atoms with Gasteiger partial charge in [-0.05, 0) is 51.3 Å². The van der Waals surface area contributed by atoms with Crippen molar-refractivity contribution in [3.8, 4) is 0 Å². The molecule has 3 aromatic rings. The molecule has 0 atom stereocenters. The molecule has 0 N–H and O–H groups in total. The van der Waals surface area contributed by atoms with Crippen LogP contribution in [0.2, 0.25) is 0 Å². The molecule has 0 aliphatic rings. The molecule has 0 bridgehead atoms. The fraction of sp³-hybridized carbons (Fsp3) is 0.353. The van der Waals surface area contributed by atoms with Crippen LogP contribution in [0.4, 0.5) is 0 Å². The van der Waals surface area contributed by atoms with Crippen LogP contribution in [0.5, 0.6) is 0 Å². The number of fused-ring (bicyclic) bond motifs is 1. The number of aromatic nitrogens is 3. The van der Waals surface area contributed by atoms with Crippen molar-refractivity contribution in [1.29, 1.82) is 0 Å². The Morgan fingerprint density at radius 2 is 2.08 bits per heavy atom. The summed E-state index contributed by atoms with van der Waals surface area (Å²) in [4.78, 5) is 19.0. The van der Waals surface area contributed by atoms with Crippen LogP contribution < -0.4 is 4.80 Å². The predicted molar refractivity (Wildman–Crippen MR) is 99.8 cm³/mol. The summed E-state index contributed by atoms with van der Waals surface area (Å²) in [6, 6.07) is 8.16. The molecule has 2 heterocycles. The van der Waals surface area contributed by atoms with Crippen LogP contribution >= 0.6 is 23.1 Å². The number of benzene rings is 1. The van der Waals surface area contributed by atoms with Gasteiger partial charge in [0.15, 0.2) is 4.80 Å². The van der Waals surface area contributed by atoms with Gasteiger partial charge < -0.3 is 4.57 Å². The lowest BCUT2D eigenvalue weighted by molar-refractivity contribution is 0.0987. The zero-order valence-electron chi connectivity index (χ0n) is 14.2. The Hall–Kier alpha value is -1.86. The van der Waals surface area contributed by atoms with Crippen LogP contribution in [0.1, 0.15) is 30.0 Å². The lowest BCUT2D eigenvalue weighted by Gasteiger charge is -2.02. The third kappa shape index (κ3) is 3.06. The number of carbonyl (C=O) groups is 1. The van der Waals surface area contributed by atoms with E-state index >= 15 is 0 Å². The van der Waals surface area contributed by atoms with Gasteiger partial charge in [0.1, 0.15) is 5.69 Å². The van der Waals surface area contributed by atoms with Gasteiger partial charge in [0, 0.05) is 18.0 Å².